The minimum Gasteiger partial charge on any atom is -0.389 e. The van der Waals surface area contributed by atoms with Crippen molar-refractivity contribution in [1.29, 1.82) is 0 Å². The summed E-state index contributed by atoms with van der Waals surface area (Å²) in [5.41, 5.74) is 4.25. The van der Waals surface area contributed by atoms with Gasteiger partial charge in [0, 0.05) is 18.3 Å². The summed E-state index contributed by atoms with van der Waals surface area (Å²) in [6.07, 6.45) is 13.7. The fourth-order valence-corrected chi connectivity index (χ4v) is 6.97. The molecule has 0 aromatic rings. The Morgan fingerprint density at radius 3 is 2.50 bits per heavy atom. The molecule has 6 heteroatoms. The molecular weight excluding hydrogens is 432 g/mol. The van der Waals surface area contributed by atoms with Crippen molar-refractivity contribution in [2.45, 2.75) is 83.5 Å². The first-order chi connectivity index (χ1) is 12.5. The molecule has 5 rings (SSSR count). The highest BCUT2D eigenvalue weighted by Crippen LogP contribution is 2.63. The Kier molecular flexibility index (Phi) is 9.36. The van der Waals surface area contributed by atoms with E-state index in [-0.39, 0.29) is 59.1 Å². The van der Waals surface area contributed by atoms with Crippen LogP contribution < -0.4 is 0 Å². The van der Waals surface area contributed by atoms with Crippen LogP contribution in [-0.2, 0) is 9.47 Å². The van der Waals surface area contributed by atoms with Crippen molar-refractivity contribution in [2.75, 3.05) is 13.2 Å². The molecule has 0 bridgehead atoms. The lowest BCUT2D eigenvalue weighted by Crippen LogP contribution is -2.48. The topological polar surface area (TPSA) is 38.7 Å². The first kappa shape index (κ1) is 28.2. The van der Waals surface area contributed by atoms with Crippen LogP contribution in [0.3, 0.4) is 0 Å². The van der Waals surface area contributed by atoms with E-state index >= 15 is 0 Å². The highest BCUT2D eigenvalue weighted by atomic mass is 32.1. The average Bonchev–Trinajstić information content (AvgIpc) is 3.18. The van der Waals surface area contributed by atoms with Crippen LogP contribution in [0, 0.1) is 17.3 Å². The highest BCUT2D eigenvalue weighted by molar-refractivity contribution is 7.59. The molecule has 0 unspecified atom stereocenters. The Morgan fingerprint density at radius 2 is 1.83 bits per heavy atom. The number of aliphatic hydroxyl groups is 1. The summed E-state index contributed by atoms with van der Waals surface area (Å²) in [6, 6.07) is 0. The molecule has 0 radical (unpaired) electrons. The summed E-state index contributed by atoms with van der Waals surface area (Å²) >= 11 is 0. The zero-order valence-corrected chi connectivity index (χ0v) is 20.6. The Morgan fingerprint density at radius 1 is 1.13 bits per heavy atom. The minimum atomic E-state index is -0.571. The molecule has 3 nitrogen and oxygen atoms in total. The predicted molar refractivity (Wildman–Crippen MR) is 139 cm³/mol. The van der Waals surface area contributed by atoms with Gasteiger partial charge < -0.3 is 14.6 Å². The van der Waals surface area contributed by atoms with Gasteiger partial charge in [-0.25, -0.2) is 0 Å². The normalized spacial score (nSPS) is 37.9. The van der Waals surface area contributed by atoms with Gasteiger partial charge in [-0.3, -0.25) is 0 Å². The van der Waals surface area contributed by atoms with E-state index in [4.69, 9.17) is 9.47 Å². The van der Waals surface area contributed by atoms with Crippen molar-refractivity contribution in [3.63, 3.8) is 0 Å². The van der Waals surface area contributed by atoms with Crippen molar-refractivity contribution < 1.29 is 14.6 Å². The monoisotopic (exact) mass is 474 g/mol. The molecule has 4 atom stereocenters. The molecule has 1 saturated heterocycles. The van der Waals surface area contributed by atoms with Crippen molar-refractivity contribution in [1.82, 2.24) is 0 Å². The molecule has 0 amide bonds. The second-order valence-corrected chi connectivity index (χ2v) is 9.46. The van der Waals surface area contributed by atoms with E-state index in [2.05, 4.69) is 19.6 Å². The molecule has 30 heavy (non-hydrogen) atoms. The second-order valence-electron chi connectivity index (χ2n) is 9.46. The third-order valence-electron chi connectivity index (χ3n) is 8.45. The lowest BCUT2D eigenvalue weighted by atomic mass is 9.56. The van der Waals surface area contributed by atoms with Crippen molar-refractivity contribution in [2.24, 2.45) is 17.3 Å². The van der Waals surface area contributed by atoms with Gasteiger partial charge in [0.25, 0.3) is 0 Å². The van der Waals surface area contributed by atoms with Gasteiger partial charge in [-0.15, -0.1) is 6.58 Å². The molecule has 1 N–H and O–H groups in total. The maximum absolute atomic E-state index is 11.4. The third kappa shape index (κ3) is 3.99. The van der Waals surface area contributed by atoms with Gasteiger partial charge >= 0.3 is 0 Å². The molecule has 1 saturated carbocycles. The van der Waals surface area contributed by atoms with Crippen molar-refractivity contribution >= 4 is 40.5 Å². The van der Waals surface area contributed by atoms with E-state index in [1.807, 2.05) is 6.08 Å². The lowest BCUT2D eigenvalue weighted by Gasteiger charge is -2.51. The van der Waals surface area contributed by atoms with Gasteiger partial charge in [0.15, 0.2) is 5.79 Å². The van der Waals surface area contributed by atoms with Crippen LogP contribution >= 0.6 is 40.5 Å². The molecule has 2 fully saturated rings. The second kappa shape index (κ2) is 9.96. The molecular formula is C24H42O3S3. The van der Waals surface area contributed by atoms with Gasteiger partial charge in [0.1, 0.15) is 0 Å². The van der Waals surface area contributed by atoms with E-state index in [1.54, 1.807) is 16.7 Å². The number of hydrogen-bond acceptors (Lipinski definition) is 3. The van der Waals surface area contributed by atoms with Gasteiger partial charge in [-0.1, -0.05) is 32.1 Å². The molecule has 0 aromatic heterocycles. The Labute approximate surface area is 204 Å². The first-order valence-corrected chi connectivity index (χ1v) is 10.5. The van der Waals surface area contributed by atoms with Crippen LogP contribution in [0.15, 0.2) is 35.5 Å². The van der Waals surface area contributed by atoms with Crippen LogP contribution in [0.4, 0.5) is 0 Å². The van der Waals surface area contributed by atoms with Crippen LogP contribution in [-0.4, -0.2) is 29.7 Å². The zero-order valence-electron chi connectivity index (χ0n) is 17.6. The van der Waals surface area contributed by atoms with Gasteiger partial charge in [-0.05, 0) is 67.9 Å². The molecule has 0 aromatic carbocycles. The number of ether oxygens (including phenoxy) is 2. The number of rotatable bonds is 2. The maximum Gasteiger partial charge on any atom is 0.172 e. The number of allylic oxidation sites excluding steroid dienone is 3. The summed E-state index contributed by atoms with van der Waals surface area (Å²) in [6.45, 7) is 7.73. The molecule has 5 aliphatic rings. The van der Waals surface area contributed by atoms with Crippen LogP contribution in [0.2, 0.25) is 0 Å². The Hall–Kier alpha value is 0.150. The highest BCUT2D eigenvalue weighted by Gasteiger charge is 2.59. The SMILES string of the molecule is C.C=CC[C@]1(O)CC[C@H]2[C@@H]3CCC4=C(CCC5(C4)OCCO5)C3=CC[C@@]21C.S.S.S. The Bertz CT molecular complexity index is 698. The van der Waals surface area contributed by atoms with E-state index < -0.39 is 5.60 Å². The fourth-order valence-electron chi connectivity index (χ4n) is 6.97. The van der Waals surface area contributed by atoms with E-state index in [0.29, 0.717) is 11.8 Å². The molecule has 174 valence electrons. The van der Waals surface area contributed by atoms with Crippen LogP contribution in [0.1, 0.15) is 72.1 Å². The predicted octanol–water partition coefficient (Wildman–Crippen LogP) is 5.65. The van der Waals surface area contributed by atoms with E-state index in [9.17, 15) is 5.11 Å². The van der Waals surface area contributed by atoms with Crippen molar-refractivity contribution in [3.05, 3.63) is 35.5 Å². The van der Waals surface area contributed by atoms with E-state index in [1.165, 1.54) is 12.8 Å². The van der Waals surface area contributed by atoms with Crippen LogP contribution in [0.5, 0.6) is 0 Å². The van der Waals surface area contributed by atoms with Gasteiger partial charge in [0.2, 0.25) is 0 Å². The first-order valence-electron chi connectivity index (χ1n) is 10.5. The van der Waals surface area contributed by atoms with Crippen LogP contribution in [0.25, 0.3) is 0 Å². The third-order valence-corrected chi connectivity index (χ3v) is 8.45. The average molecular weight is 475 g/mol. The summed E-state index contributed by atoms with van der Waals surface area (Å²) in [4.78, 5) is 0. The van der Waals surface area contributed by atoms with Crippen molar-refractivity contribution in [3.8, 4) is 0 Å². The molecule has 4 aliphatic carbocycles. The fraction of sp³-hybridized carbons (Fsp3) is 0.750. The summed E-state index contributed by atoms with van der Waals surface area (Å²) < 4.78 is 12.0. The van der Waals surface area contributed by atoms with Gasteiger partial charge in [-0.2, -0.15) is 40.5 Å². The zero-order chi connectivity index (χ0) is 18.0. The van der Waals surface area contributed by atoms with Gasteiger partial charge in [0.05, 0.1) is 18.8 Å². The molecule has 1 aliphatic heterocycles. The maximum atomic E-state index is 11.4. The number of fused-ring (bicyclic) bond motifs is 4. The minimum absolute atomic E-state index is 0. The smallest absolute Gasteiger partial charge is 0.172 e. The molecule has 1 heterocycles. The van der Waals surface area contributed by atoms with E-state index in [0.717, 1.165) is 58.2 Å². The summed E-state index contributed by atoms with van der Waals surface area (Å²) in [7, 11) is 0. The largest absolute Gasteiger partial charge is 0.389 e. The summed E-state index contributed by atoms with van der Waals surface area (Å²) in [5, 5.41) is 11.4. The number of hydrogen-bond donors (Lipinski definition) is 1. The molecule has 1 spiro atoms. The summed E-state index contributed by atoms with van der Waals surface area (Å²) in [5.74, 6) is 0.926. The Balaban J connectivity index is 0.00000112. The lowest BCUT2D eigenvalue weighted by molar-refractivity contribution is -0.164. The quantitative estimate of drug-likeness (QED) is 0.526. The standard InChI is InChI=1S/C23H32O3.CH4.3H2S/c1-3-9-22(24)11-8-20-19-5-4-16-15-23(25-13-14-26-23)12-7-17(16)18(19)6-10-21(20,22)2;;;;/h3,6,19-20,24H,1,4-5,7-15H2,2H3;1H4;3*1H2/t19-,20+,21+,22+;;;;/m1..../s1.